The number of carbonyl (C=O) groups is 1. The van der Waals surface area contributed by atoms with E-state index in [4.69, 9.17) is 23.2 Å². The number of benzene rings is 3. The van der Waals surface area contributed by atoms with Crippen molar-refractivity contribution in [2.45, 2.75) is 4.90 Å². The van der Waals surface area contributed by atoms with Crippen LogP contribution in [0.15, 0.2) is 76.6 Å². The summed E-state index contributed by atoms with van der Waals surface area (Å²) in [7, 11) is -1.95. The molecule has 0 saturated heterocycles. The molecule has 1 N–H and O–H groups in total. The predicted molar refractivity (Wildman–Crippen MR) is 124 cm³/mol. The third-order valence-electron chi connectivity index (χ3n) is 4.48. The number of hydrogen-bond acceptors (Lipinski definition) is 4. The number of amides is 1. The molecule has 3 aromatic carbocycles. The van der Waals surface area contributed by atoms with Crippen molar-refractivity contribution >= 4 is 66.4 Å². The van der Waals surface area contributed by atoms with Gasteiger partial charge in [0.25, 0.3) is 15.9 Å². The van der Waals surface area contributed by atoms with Gasteiger partial charge in [0.15, 0.2) is 4.80 Å². The molecule has 10 heteroatoms. The maximum absolute atomic E-state index is 12.7. The summed E-state index contributed by atoms with van der Waals surface area (Å²) in [6.45, 7) is 0. The molecule has 0 unspecified atom stereocenters. The average molecular weight is 492 g/mol. The standard InChI is InChI=1S/C21H15Cl2N3O3S2/c1-26-18-16(22)11-12-17(23)19(18)30-21(26)24-20(27)13-7-9-14(10-8-13)25-31(28,29)15-5-3-2-4-6-15/h2-12,25H,1H3. The molecule has 0 fully saturated rings. The number of aromatic nitrogens is 1. The quantitative estimate of drug-likeness (QED) is 0.431. The molecule has 0 aliphatic carbocycles. The average Bonchev–Trinajstić information content (AvgIpc) is 3.09. The summed E-state index contributed by atoms with van der Waals surface area (Å²) >= 11 is 13.8. The molecule has 0 atom stereocenters. The van der Waals surface area contributed by atoms with E-state index in [1.165, 1.54) is 47.7 Å². The van der Waals surface area contributed by atoms with Crippen LogP contribution in [0.5, 0.6) is 0 Å². The third kappa shape index (κ3) is 4.38. The van der Waals surface area contributed by atoms with Gasteiger partial charge in [0.05, 0.1) is 25.2 Å². The summed E-state index contributed by atoms with van der Waals surface area (Å²) < 4.78 is 29.8. The normalized spacial score (nSPS) is 12.3. The number of nitrogens with one attached hydrogen (secondary N) is 1. The summed E-state index contributed by atoms with van der Waals surface area (Å²) in [5.74, 6) is -0.466. The highest BCUT2D eigenvalue weighted by molar-refractivity contribution is 7.92. The monoisotopic (exact) mass is 491 g/mol. The van der Waals surface area contributed by atoms with Crippen molar-refractivity contribution in [1.29, 1.82) is 0 Å². The Bertz CT molecular complexity index is 1460. The number of aryl methyl sites for hydroxylation is 1. The molecule has 0 bridgehead atoms. The van der Waals surface area contributed by atoms with E-state index in [9.17, 15) is 13.2 Å². The van der Waals surface area contributed by atoms with Gasteiger partial charge in [-0.3, -0.25) is 9.52 Å². The van der Waals surface area contributed by atoms with E-state index in [-0.39, 0.29) is 4.90 Å². The van der Waals surface area contributed by atoms with Gasteiger partial charge >= 0.3 is 0 Å². The van der Waals surface area contributed by atoms with E-state index in [0.717, 1.165) is 4.70 Å². The fraction of sp³-hybridized carbons (Fsp3) is 0.0476. The molecule has 158 valence electrons. The summed E-state index contributed by atoms with van der Waals surface area (Å²) in [5.41, 5.74) is 1.36. The summed E-state index contributed by atoms with van der Waals surface area (Å²) in [4.78, 5) is 17.4. The van der Waals surface area contributed by atoms with E-state index < -0.39 is 15.9 Å². The second kappa shape index (κ2) is 8.47. The molecule has 4 aromatic rings. The number of fused-ring (bicyclic) bond motifs is 1. The number of sulfonamides is 1. The molecule has 0 saturated carbocycles. The van der Waals surface area contributed by atoms with Crippen LogP contribution in [0.25, 0.3) is 10.2 Å². The number of carbonyl (C=O) groups excluding carboxylic acids is 1. The lowest BCUT2D eigenvalue weighted by Crippen LogP contribution is -2.14. The summed E-state index contributed by atoms with van der Waals surface area (Å²) in [6.07, 6.45) is 0. The highest BCUT2D eigenvalue weighted by atomic mass is 35.5. The van der Waals surface area contributed by atoms with Crippen LogP contribution in [0.1, 0.15) is 10.4 Å². The maximum atomic E-state index is 12.7. The largest absolute Gasteiger partial charge is 0.318 e. The zero-order valence-corrected chi connectivity index (χ0v) is 19.2. The van der Waals surface area contributed by atoms with Crippen LogP contribution in [0.3, 0.4) is 0 Å². The molecule has 1 amide bonds. The van der Waals surface area contributed by atoms with Gasteiger partial charge in [0.1, 0.15) is 0 Å². The van der Waals surface area contributed by atoms with E-state index in [0.29, 0.717) is 31.6 Å². The van der Waals surface area contributed by atoms with Crippen molar-refractivity contribution in [3.63, 3.8) is 0 Å². The number of halogens is 2. The van der Waals surface area contributed by atoms with E-state index >= 15 is 0 Å². The SMILES string of the molecule is Cn1c(=NC(=O)c2ccc(NS(=O)(=O)c3ccccc3)cc2)sc2c(Cl)ccc(Cl)c21. The van der Waals surface area contributed by atoms with Gasteiger partial charge in [0.2, 0.25) is 0 Å². The van der Waals surface area contributed by atoms with Crippen LogP contribution in [-0.2, 0) is 17.1 Å². The summed E-state index contributed by atoms with van der Waals surface area (Å²) in [6, 6.07) is 17.5. The Morgan fingerprint density at radius 3 is 2.26 bits per heavy atom. The van der Waals surface area contributed by atoms with Crippen LogP contribution in [-0.4, -0.2) is 18.9 Å². The minimum atomic E-state index is -3.71. The molecule has 6 nitrogen and oxygen atoms in total. The Morgan fingerprint density at radius 1 is 0.968 bits per heavy atom. The fourth-order valence-corrected chi connectivity index (χ4v) is 5.67. The maximum Gasteiger partial charge on any atom is 0.279 e. The molecular formula is C21H15Cl2N3O3S2. The van der Waals surface area contributed by atoms with Gasteiger partial charge in [-0.15, -0.1) is 0 Å². The lowest BCUT2D eigenvalue weighted by molar-refractivity contribution is 0.0998. The van der Waals surface area contributed by atoms with Crippen LogP contribution in [0, 0.1) is 0 Å². The molecule has 4 rings (SSSR count). The smallest absolute Gasteiger partial charge is 0.279 e. The number of thiazole rings is 1. The van der Waals surface area contributed by atoms with Crippen LogP contribution >= 0.6 is 34.5 Å². The molecule has 1 aromatic heterocycles. The van der Waals surface area contributed by atoms with E-state index in [2.05, 4.69) is 9.71 Å². The molecule has 1 heterocycles. The van der Waals surface area contributed by atoms with Gasteiger partial charge in [-0.05, 0) is 48.5 Å². The lowest BCUT2D eigenvalue weighted by Gasteiger charge is -2.08. The number of rotatable bonds is 4. The van der Waals surface area contributed by atoms with Crippen molar-refractivity contribution in [2.24, 2.45) is 12.0 Å². The predicted octanol–water partition coefficient (Wildman–Crippen LogP) is 5.09. The third-order valence-corrected chi connectivity index (χ3v) is 7.78. The Hall–Kier alpha value is -2.65. The first-order valence-electron chi connectivity index (χ1n) is 8.97. The van der Waals surface area contributed by atoms with Crippen molar-refractivity contribution in [3.05, 3.63) is 87.1 Å². The zero-order valence-electron chi connectivity index (χ0n) is 16.0. The Kier molecular flexibility index (Phi) is 5.90. The van der Waals surface area contributed by atoms with Gasteiger partial charge in [-0.2, -0.15) is 4.99 Å². The zero-order chi connectivity index (χ0) is 22.2. The van der Waals surface area contributed by atoms with E-state index in [1.807, 2.05) is 0 Å². The summed E-state index contributed by atoms with van der Waals surface area (Å²) in [5, 5.41) is 1.05. The van der Waals surface area contributed by atoms with Crippen LogP contribution < -0.4 is 9.52 Å². The minimum Gasteiger partial charge on any atom is -0.318 e. The molecule has 31 heavy (non-hydrogen) atoms. The second-order valence-corrected chi connectivity index (χ2v) is 10.0. The van der Waals surface area contributed by atoms with Gasteiger partial charge < -0.3 is 4.57 Å². The second-order valence-electron chi connectivity index (χ2n) is 6.56. The molecule has 0 radical (unpaired) electrons. The van der Waals surface area contributed by atoms with Crippen molar-refractivity contribution < 1.29 is 13.2 Å². The molecule has 0 aliphatic rings. The van der Waals surface area contributed by atoms with E-state index in [1.54, 1.807) is 41.9 Å². The van der Waals surface area contributed by atoms with Crippen molar-refractivity contribution in [1.82, 2.24) is 4.57 Å². The number of nitrogens with zero attached hydrogens (tertiary/aromatic N) is 2. The molecule has 0 aliphatic heterocycles. The number of anilines is 1. The Labute approximate surface area is 192 Å². The molecular weight excluding hydrogens is 477 g/mol. The van der Waals surface area contributed by atoms with Gasteiger partial charge in [0, 0.05) is 18.3 Å². The molecule has 0 spiro atoms. The van der Waals surface area contributed by atoms with Gasteiger partial charge in [-0.1, -0.05) is 52.7 Å². The first-order valence-corrected chi connectivity index (χ1v) is 12.0. The highest BCUT2D eigenvalue weighted by Crippen LogP contribution is 2.31. The fourth-order valence-electron chi connectivity index (χ4n) is 2.93. The Balaban J connectivity index is 1.61. The first kappa shape index (κ1) is 21.6. The van der Waals surface area contributed by atoms with Gasteiger partial charge in [-0.25, -0.2) is 8.42 Å². The number of hydrogen-bond donors (Lipinski definition) is 1. The minimum absolute atomic E-state index is 0.153. The van der Waals surface area contributed by atoms with Crippen molar-refractivity contribution in [2.75, 3.05) is 4.72 Å². The first-order chi connectivity index (χ1) is 14.8. The Morgan fingerprint density at radius 2 is 1.61 bits per heavy atom. The topological polar surface area (TPSA) is 80.5 Å². The lowest BCUT2D eigenvalue weighted by atomic mass is 10.2. The van der Waals surface area contributed by atoms with Crippen molar-refractivity contribution in [3.8, 4) is 0 Å². The van der Waals surface area contributed by atoms with Crippen LogP contribution in [0.4, 0.5) is 5.69 Å². The van der Waals surface area contributed by atoms with Crippen LogP contribution in [0.2, 0.25) is 10.0 Å². The highest BCUT2D eigenvalue weighted by Gasteiger charge is 2.15.